The van der Waals surface area contributed by atoms with Crippen molar-refractivity contribution >= 4 is 16.9 Å². The molecule has 2 aromatic rings. The Labute approximate surface area is 90.0 Å². The van der Waals surface area contributed by atoms with E-state index in [0.717, 1.165) is 0 Å². The average molecular weight is 219 g/mol. The van der Waals surface area contributed by atoms with Gasteiger partial charge in [0.05, 0.1) is 5.52 Å². The first-order chi connectivity index (χ1) is 7.52. The van der Waals surface area contributed by atoms with Crippen molar-refractivity contribution < 1.29 is 15.0 Å². The SMILES string of the molecule is Cc1cccc2[nH]c(=O)c(C(=O)O)c(O)c12. The summed E-state index contributed by atoms with van der Waals surface area (Å²) < 4.78 is 0. The van der Waals surface area contributed by atoms with Gasteiger partial charge in [0, 0.05) is 5.39 Å². The number of aryl methyl sites for hydroxylation is 1. The van der Waals surface area contributed by atoms with Gasteiger partial charge in [-0.05, 0) is 18.6 Å². The summed E-state index contributed by atoms with van der Waals surface area (Å²) in [5, 5.41) is 19.0. The van der Waals surface area contributed by atoms with Gasteiger partial charge in [0.2, 0.25) is 0 Å². The fourth-order valence-electron chi connectivity index (χ4n) is 1.70. The summed E-state index contributed by atoms with van der Waals surface area (Å²) in [5.41, 5.74) is -0.300. The van der Waals surface area contributed by atoms with Crippen LogP contribution in [0.3, 0.4) is 0 Å². The Morgan fingerprint density at radius 3 is 2.69 bits per heavy atom. The second-order valence-corrected chi connectivity index (χ2v) is 3.48. The molecule has 5 heteroatoms. The molecule has 16 heavy (non-hydrogen) atoms. The molecular formula is C11H9NO4. The molecular weight excluding hydrogens is 210 g/mol. The van der Waals surface area contributed by atoms with Crippen LogP contribution in [0.1, 0.15) is 15.9 Å². The molecule has 1 heterocycles. The van der Waals surface area contributed by atoms with E-state index in [2.05, 4.69) is 4.98 Å². The minimum absolute atomic E-state index is 0.361. The van der Waals surface area contributed by atoms with Gasteiger partial charge < -0.3 is 15.2 Å². The molecule has 2 rings (SSSR count). The molecule has 0 atom stereocenters. The fraction of sp³-hybridized carbons (Fsp3) is 0.0909. The second kappa shape index (κ2) is 3.37. The van der Waals surface area contributed by atoms with E-state index in [1.807, 2.05) is 0 Å². The molecule has 0 bridgehead atoms. The standard InChI is InChI=1S/C11H9NO4/c1-5-3-2-4-6-7(5)9(13)8(11(15)16)10(14)12-6/h2-4H,1H3,(H,15,16)(H2,12,13,14). The molecule has 0 aliphatic rings. The van der Waals surface area contributed by atoms with Gasteiger partial charge in [-0.25, -0.2) is 4.79 Å². The summed E-state index contributed by atoms with van der Waals surface area (Å²) in [5.74, 6) is -1.92. The number of hydrogen-bond donors (Lipinski definition) is 3. The first-order valence-electron chi connectivity index (χ1n) is 4.60. The highest BCUT2D eigenvalue weighted by Crippen LogP contribution is 2.27. The van der Waals surface area contributed by atoms with E-state index < -0.39 is 22.8 Å². The number of aromatic carboxylic acids is 1. The Bertz CT molecular complexity index is 642. The molecule has 0 unspecified atom stereocenters. The van der Waals surface area contributed by atoms with Crippen LogP contribution in [-0.2, 0) is 0 Å². The lowest BCUT2D eigenvalue weighted by molar-refractivity contribution is 0.0692. The van der Waals surface area contributed by atoms with E-state index in [9.17, 15) is 14.7 Å². The first-order valence-corrected chi connectivity index (χ1v) is 4.60. The van der Waals surface area contributed by atoms with E-state index in [-0.39, 0.29) is 0 Å². The quantitative estimate of drug-likeness (QED) is 0.673. The minimum atomic E-state index is -1.44. The van der Waals surface area contributed by atoms with Gasteiger partial charge in [0.1, 0.15) is 5.75 Å². The number of aromatic hydroxyl groups is 1. The average Bonchev–Trinajstić information content (AvgIpc) is 2.15. The normalized spacial score (nSPS) is 10.6. The highest BCUT2D eigenvalue weighted by molar-refractivity contribution is 5.99. The molecule has 82 valence electrons. The third-order valence-electron chi connectivity index (χ3n) is 2.44. The lowest BCUT2D eigenvalue weighted by Gasteiger charge is -2.06. The molecule has 0 radical (unpaired) electrons. The number of carbonyl (C=O) groups is 1. The molecule has 0 amide bonds. The van der Waals surface area contributed by atoms with E-state index in [1.165, 1.54) is 0 Å². The van der Waals surface area contributed by atoms with Gasteiger partial charge >= 0.3 is 5.97 Å². The van der Waals surface area contributed by atoms with E-state index in [1.54, 1.807) is 25.1 Å². The van der Waals surface area contributed by atoms with Crippen LogP contribution in [0.2, 0.25) is 0 Å². The fourth-order valence-corrected chi connectivity index (χ4v) is 1.70. The van der Waals surface area contributed by atoms with Crippen molar-refractivity contribution in [1.82, 2.24) is 4.98 Å². The van der Waals surface area contributed by atoms with Crippen molar-refractivity contribution in [3.05, 3.63) is 39.7 Å². The molecule has 0 saturated heterocycles. The van der Waals surface area contributed by atoms with Crippen LogP contribution in [0.25, 0.3) is 10.9 Å². The summed E-state index contributed by atoms with van der Waals surface area (Å²) in [4.78, 5) is 24.7. The van der Waals surface area contributed by atoms with Gasteiger partial charge in [-0.2, -0.15) is 0 Å². The Kier molecular flexibility index (Phi) is 2.16. The van der Waals surface area contributed by atoms with E-state index in [4.69, 9.17) is 5.11 Å². The number of carboxylic acids is 1. The van der Waals surface area contributed by atoms with Crippen LogP contribution in [0, 0.1) is 6.92 Å². The van der Waals surface area contributed by atoms with Crippen LogP contribution in [0.4, 0.5) is 0 Å². The molecule has 0 aliphatic carbocycles. The predicted octanol–water partition coefficient (Wildman–Crippen LogP) is 1.24. The van der Waals surface area contributed by atoms with Gasteiger partial charge in [-0.1, -0.05) is 12.1 Å². The largest absolute Gasteiger partial charge is 0.506 e. The number of aromatic amines is 1. The zero-order valence-corrected chi connectivity index (χ0v) is 8.44. The van der Waals surface area contributed by atoms with Crippen molar-refractivity contribution in [2.24, 2.45) is 0 Å². The summed E-state index contributed by atoms with van der Waals surface area (Å²) in [6, 6.07) is 5.05. The number of pyridine rings is 1. The Hall–Kier alpha value is -2.30. The molecule has 0 aliphatic heterocycles. The van der Waals surface area contributed by atoms with Gasteiger partial charge in [-0.15, -0.1) is 0 Å². The molecule has 1 aromatic heterocycles. The van der Waals surface area contributed by atoms with E-state index in [0.29, 0.717) is 16.5 Å². The van der Waals surface area contributed by atoms with Crippen LogP contribution in [0.5, 0.6) is 5.75 Å². The molecule has 3 N–H and O–H groups in total. The number of hydrogen-bond acceptors (Lipinski definition) is 3. The minimum Gasteiger partial charge on any atom is -0.506 e. The van der Waals surface area contributed by atoms with Crippen LogP contribution >= 0.6 is 0 Å². The number of carboxylic acid groups (broad SMARTS) is 1. The predicted molar refractivity (Wildman–Crippen MR) is 57.9 cm³/mol. The topological polar surface area (TPSA) is 90.4 Å². The molecule has 0 spiro atoms. The second-order valence-electron chi connectivity index (χ2n) is 3.48. The van der Waals surface area contributed by atoms with Crippen molar-refractivity contribution in [3.8, 4) is 5.75 Å². The van der Waals surface area contributed by atoms with Gasteiger partial charge in [-0.3, -0.25) is 4.79 Å². The van der Waals surface area contributed by atoms with E-state index >= 15 is 0 Å². The monoisotopic (exact) mass is 219 g/mol. The number of aromatic nitrogens is 1. The summed E-state index contributed by atoms with van der Waals surface area (Å²) in [6.07, 6.45) is 0. The van der Waals surface area contributed by atoms with Crippen molar-refractivity contribution in [2.45, 2.75) is 6.92 Å². The lowest BCUT2D eigenvalue weighted by atomic mass is 10.1. The van der Waals surface area contributed by atoms with Gasteiger partial charge in [0.15, 0.2) is 5.56 Å². The van der Waals surface area contributed by atoms with Crippen molar-refractivity contribution in [1.29, 1.82) is 0 Å². The maximum atomic E-state index is 11.4. The highest BCUT2D eigenvalue weighted by atomic mass is 16.4. The van der Waals surface area contributed by atoms with Crippen LogP contribution in [-0.4, -0.2) is 21.2 Å². The number of rotatable bonds is 1. The molecule has 5 nitrogen and oxygen atoms in total. The Balaban J connectivity index is 3.03. The smallest absolute Gasteiger partial charge is 0.345 e. The van der Waals surface area contributed by atoms with Crippen LogP contribution in [0.15, 0.2) is 23.0 Å². The van der Waals surface area contributed by atoms with Gasteiger partial charge in [0.25, 0.3) is 5.56 Å². The Morgan fingerprint density at radius 1 is 1.38 bits per heavy atom. The summed E-state index contributed by atoms with van der Waals surface area (Å²) in [6.45, 7) is 1.73. The number of nitrogens with one attached hydrogen (secondary N) is 1. The molecule has 0 fully saturated rings. The van der Waals surface area contributed by atoms with Crippen molar-refractivity contribution in [3.63, 3.8) is 0 Å². The summed E-state index contributed by atoms with van der Waals surface area (Å²) in [7, 11) is 0. The number of H-pyrrole nitrogens is 1. The highest BCUT2D eigenvalue weighted by Gasteiger charge is 2.18. The third-order valence-corrected chi connectivity index (χ3v) is 2.44. The first kappa shape index (κ1) is 10.2. The Morgan fingerprint density at radius 2 is 2.06 bits per heavy atom. The zero-order valence-electron chi connectivity index (χ0n) is 8.44. The van der Waals surface area contributed by atoms with Crippen molar-refractivity contribution in [2.75, 3.05) is 0 Å². The summed E-state index contributed by atoms with van der Waals surface area (Å²) >= 11 is 0. The van der Waals surface area contributed by atoms with Crippen LogP contribution < -0.4 is 5.56 Å². The number of fused-ring (bicyclic) bond motifs is 1. The lowest BCUT2D eigenvalue weighted by Crippen LogP contribution is -2.17. The third kappa shape index (κ3) is 1.33. The maximum Gasteiger partial charge on any atom is 0.345 e. The maximum absolute atomic E-state index is 11.4. The zero-order chi connectivity index (χ0) is 11.9. The molecule has 0 saturated carbocycles. The molecule has 1 aromatic carbocycles. The number of benzene rings is 1.